The predicted octanol–water partition coefficient (Wildman–Crippen LogP) is 2.32. The van der Waals surface area contributed by atoms with Crippen LogP contribution >= 0.6 is 0 Å². The van der Waals surface area contributed by atoms with Crippen LogP contribution in [-0.4, -0.2) is 41.0 Å². The van der Waals surface area contributed by atoms with Gasteiger partial charge in [0.25, 0.3) is 5.91 Å². The van der Waals surface area contributed by atoms with Gasteiger partial charge in [-0.2, -0.15) is 0 Å². The highest BCUT2D eigenvalue weighted by Gasteiger charge is 2.34. The molecule has 1 aromatic carbocycles. The lowest BCUT2D eigenvalue weighted by Crippen LogP contribution is -2.31. The number of nitrogens with one attached hydrogen (secondary N) is 1. The summed E-state index contributed by atoms with van der Waals surface area (Å²) in [6.07, 6.45) is 1.80. The van der Waals surface area contributed by atoms with Gasteiger partial charge in [-0.3, -0.25) is 19.8 Å². The van der Waals surface area contributed by atoms with Crippen LogP contribution in [0.3, 0.4) is 0 Å². The van der Waals surface area contributed by atoms with Crippen molar-refractivity contribution in [2.45, 2.75) is 32.7 Å². The summed E-state index contributed by atoms with van der Waals surface area (Å²) in [5, 5.41) is 6.25. The fourth-order valence-corrected chi connectivity index (χ4v) is 3.88. The lowest BCUT2D eigenvalue weighted by atomic mass is 10.0. The molecule has 27 heavy (non-hydrogen) atoms. The number of urea groups is 1. The number of rotatable bonds is 3. The summed E-state index contributed by atoms with van der Waals surface area (Å²) in [6.45, 7) is 4.43. The van der Waals surface area contributed by atoms with E-state index in [9.17, 15) is 14.4 Å². The molecule has 1 N–H and O–H groups in total. The molecule has 1 aromatic heterocycles. The molecule has 0 bridgehead atoms. The molecule has 4 amide bonds. The first-order valence-corrected chi connectivity index (χ1v) is 8.91. The van der Waals surface area contributed by atoms with Crippen LogP contribution in [0, 0.1) is 13.8 Å². The second-order valence-electron chi connectivity index (χ2n) is 6.88. The maximum Gasteiger partial charge on any atom is 0.329 e. The van der Waals surface area contributed by atoms with Gasteiger partial charge in [0.1, 0.15) is 12.3 Å². The summed E-state index contributed by atoms with van der Waals surface area (Å²) >= 11 is 0. The second-order valence-corrected chi connectivity index (χ2v) is 6.88. The molecule has 4 rings (SSSR count). The van der Waals surface area contributed by atoms with E-state index in [2.05, 4.69) is 10.5 Å². The molecule has 0 spiro atoms. The summed E-state index contributed by atoms with van der Waals surface area (Å²) in [6, 6.07) is 6.27. The largest absolute Gasteiger partial charge is 0.361 e. The Hall–Kier alpha value is -3.16. The van der Waals surface area contributed by atoms with Gasteiger partial charge in [0.2, 0.25) is 5.91 Å². The van der Waals surface area contributed by atoms with Crippen molar-refractivity contribution in [3.63, 3.8) is 0 Å². The first kappa shape index (κ1) is 17.3. The Morgan fingerprint density at radius 1 is 1.22 bits per heavy atom. The third kappa shape index (κ3) is 2.97. The molecule has 2 saturated heterocycles. The van der Waals surface area contributed by atoms with E-state index in [0.717, 1.165) is 29.9 Å². The van der Waals surface area contributed by atoms with Crippen molar-refractivity contribution >= 4 is 23.5 Å². The first-order chi connectivity index (χ1) is 13.0. The number of benzene rings is 1. The lowest BCUT2D eigenvalue weighted by molar-refractivity contribution is -0.117. The third-order valence-electron chi connectivity index (χ3n) is 5.15. The molecular weight excluding hydrogens is 348 g/mol. The van der Waals surface area contributed by atoms with E-state index in [1.807, 2.05) is 18.7 Å². The normalized spacial score (nSPS) is 19.7. The number of amides is 4. The number of carbonyl (C=O) groups is 3. The summed E-state index contributed by atoms with van der Waals surface area (Å²) in [5.74, 6) is 0.350. The van der Waals surface area contributed by atoms with Crippen LogP contribution in [-0.2, 0) is 4.79 Å². The van der Waals surface area contributed by atoms with Crippen LogP contribution in [0.2, 0.25) is 0 Å². The minimum atomic E-state index is -0.447. The highest BCUT2D eigenvalue weighted by molar-refractivity contribution is 6.12. The Morgan fingerprint density at radius 3 is 2.56 bits per heavy atom. The van der Waals surface area contributed by atoms with Crippen molar-refractivity contribution in [2.24, 2.45) is 0 Å². The van der Waals surface area contributed by atoms with Gasteiger partial charge in [-0.25, -0.2) is 4.79 Å². The molecule has 0 saturated carbocycles. The maximum absolute atomic E-state index is 13.1. The zero-order chi connectivity index (χ0) is 19.1. The van der Waals surface area contributed by atoms with E-state index in [-0.39, 0.29) is 24.4 Å². The van der Waals surface area contributed by atoms with Gasteiger partial charge in [0.05, 0.1) is 11.7 Å². The molecule has 2 fully saturated rings. The number of aromatic nitrogens is 1. The molecule has 8 nitrogen and oxygen atoms in total. The zero-order valence-corrected chi connectivity index (χ0v) is 15.2. The van der Waals surface area contributed by atoms with E-state index in [4.69, 9.17) is 4.52 Å². The number of hydrogen-bond donors (Lipinski definition) is 1. The molecule has 140 valence electrons. The van der Waals surface area contributed by atoms with Crippen LogP contribution in [0.4, 0.5) is 10.5 Å². The molecule has 2 aromatic rings. The molecule has 0 radical (unpaired) electrons. The smallest absolute Gasteiger partial charge is 0.329 e. The Morgan fingerprint density at radius 2 is 1.96 bits per heavy atom. The Kier molecular flexibility index (Phi) is 4.18. The summed E-state index contributed by atoms with van der Waals surface area (Å²) < 4.78 is 5.27. The highest BCUT2D eigenvalue weighted by atomic mass is 16.5. The standard InChI is InChI=1S/C19H20N4O4/c1-11-17(12(2)27-21-11)15-4-3-9-22(15)18(25)13-5-7-14(8-6-13)23-10-16(24)20-19(23)26/h5-8,15H,3-4,9-10H2,1-2H3,(H,20,24,26)/t15-/m0/s1. The van der Waals surface area contributed by atoms with E-state index in [1.54, 1.807) is 24.3 Å². The Balaban J connectivity index is 1.56. The number of aryl methyl sites for hydroxylation is 2. The van der Waals surface area contributed by atoms with Gasteiger partial charge >= 0.3 is 6.03 Å². The summed E-state index contributed by atoms with van der Waals surface area (Å²) in [7, 11) is 0. The van der Waals surface area contributed by atoms with Crippen LogP contribution in [0.1, 0.15) is 46.3 Å². The van der Waals surface area contributed by atoms with Gasteiger partial charge in [-0.15, -0.1) is 0 Å². The number of nitrogens with zero attached hydrogens (tertiary/aromatic N) is 3. The van der Waals surface area contributed by atoms with Gasteiger partial charge in [0.15, 0.2) is 0 Å². The maximum atomic E-state index is 13.1. The molecule has 2 aliphatic heterocycles. The number of anilines is 1. The van der Waals surface area contributed by atoms with Crippen LogP contribution < -0.4 is 10.2 Å². The first-order valence-electron chi connectivity index (χ1n) is 8.91. The third-order valence-corrected chi connectivity index (χ3v) is 5.15. The van der Waals surface area contributed by atoms with Gasteiger partial charge < -0.3 is 9.42 Å². The van der Waals surface area contributed by atoms with Crippen LogP contribution in [0.5, 0.6) is 0 Å². The number of hydrogen-bond acceptors (Lipinski definition) is 5. The molecule has 1 atom stereocenters. The summed E-state index contributed by atoms with van der Waals surface area (Å²) in [5.41, 5.74) is 2.93. The monoisotopic (exact) mass is 368 g/mol. The van der Waals surface area contributed by atoms with Crippen molar-refractivity contribution in [1.82, 2.24) is 15.4 Å². The number of likely N-dealkylation sites (tertiary alicyclic amines) is 1. The highest BCUT2D eigenvalue weighted by Crippen LogP contribution is 2.36. The average Bonchev–Trinajstić information content (AvgIpc) is 3.34. The van der Waals surface area contributed by atoms with Crippen molar-refractivity contribution in [2.75, 3.05) is 18.0 Å². The van der Waals surface area contributed by atoms with E-state index in [0.29, 0.717) is 17.8 Å². The van der Waals surface area contributed by atoms with Crippen molar-refractivity contribution in [1.29, 1.82) is 0 Å². The predicted molar refractivity (Wildman–Crippen MR) is 96.3 cm³/mol. The van der Waals surface area contributed by atoms with Gasteiger partial charge in [0, 0.05) is 23.4 Å². The van der Waals surface area contributed by atoms with Gasteiger partial charge in [-0.05, 0) is 51.0 Å². The molecular formula is C19H20N4O4. The Labute approximate surface area is 156 Å². The van der Waals surface area contributed by atoms with E-state index in [1.165, 1.54) is 4.90 Å². The minimum absolute atomic E-state index is 0.00757. The molecule has 2 aliphatic rings. The molecule has 3 heterocycles. The second kappa shape index (κ2) is 6.53. The molecule has 8 heteroatoms. The minimum Gasteiger partial charge on any atom is -0.361 e. The van der Waals surface area contributed by atoms with Crippen molar-refractivity contribution < 1.29 is 18.9 Å². The quantitative estimate of drug-likeness (QED) is 0.839. The zero-order valence-electron chi connectivity index (χ0n) is 15.2. The van der Waals surface area contributed by atoms with E-state index >= 15 is 0 Å². The molecule has 0 aliphatic carbocycles. The number of carbonyl (C=O) groups excluding carboxylic acids is 3. The van der Waals surface area contributed by atoms with Crippen molar-refractivity contribution in [3.05, 3.63) is 46.8 Å². The topological polar surface area (TPSA) is 95.8 Å². The van der Waals surface area contributed by atoms with Gasteiger partial charge in [-0.1, -0.05) is 5.16 Å². The lowest BCUT2D eigenvalue weighted by Gasteiger charge is -2.25. The van der Waals surface area contributed by atoms with Crippen LogP contribution in [0.25, 0.3) is 0 Å². The van der Waals surface area contributed by atoms with E-state index < -0.39 is 6.03 Å². The van der Waals surface area contributed by atoms with Crippen LogP contribution in [0.15, 0.2) is 28.8 Å². The fraction of sp³-hybridized carbons (Fsp3) is 0.368. The summed E-state index contributed by atoms with van der Waals surface area (Å²) in [4.78, 5) is 39.4. The fourth-order valence-electron chi connectivity index (χ4n) is 3.88. The molecule has 0 unspecified atom stereocenters. The number of imide groups is 1. The average molecular weight is 368 g/mol. The SMILES string of the molecule is Cc1noc(C)c1[C@@H]1CCCN1C(=O)c1ccc(N2CC(=O)NC2=O)cc1. The van der Waals surface area contributed by atoms with Crippen molar-refractivity contribution in [3.8, 4) is 0 Å². The Bertz CT molecular complexity index is 899.